The highest BCUT2D eigenvalue weighted by molar-refractivity contribution is 5.97. The molecule has 2 atom stereocenters. The van der Waals surface area contributed by atoms with Crippen molar-refractivity contribution in [3.8, 4) is 0 Å². The Hall–Kier alpha value is -3.14. The first-order chi connectivity index (χ1) is 14.3. The maximum absolute atomic E-state index is 12.8. The summed E-state index contributed by atoms with van der Waals surface area (Å²) in [5.41, 5.74) is 6.36. The van der Waals surface area contributed by atoms with E-state index in [-0.39, 0.29) is 24.3 Å². The minimum Gasteiger partial charge on any atom is -0.463 e. The van der Waals surface area contributed by atoms with Crippen LogP contribution in [0.15, 0.2) is 24.3 Å². The summed E-state index contributed by atoms with van der Waals surface area (Å²) in [6.45, 7) is 4.61. The molecule has 0 saturated carbocycles. The van der Waals surface area contributed by atoms with Gasteiger partial charge in [0.25, 0.3) is 6.47 Å². The summed E-state index contributed by atoms with van der Waals surface area (Å²) < 4.78 is 4.69. The Morgan fingerprint density at radius 1 is 1.13 bits per heavy atom. The number of urea groups is 1. The molecule has 30 heavy (non-hydrogen) atoms. The van der Waals surface area contributed by atoms with Crippen molar-refractivity contribution in [3.05, 3.63) is 29.8 Å². The Morgan fingerprint density at radius 2 is 1.80 bits per heavy atom. The predicted octanol–water partition coefficient (Wildman–Crippen LogP) is 0.475. The summed E-state index contributed by atoms with van der Waals surface area (Å²) in [4.78, 5) is 46.4. The molecule has 0 aliphatic heterocycles. The van der Waals surface area contributed by atoms with E-state index in [2.05, 4.69) is 26.0 Å². The van der Waals surface area contributed by atoms with Crippen LogP contribution in [-0.4, -0.2) is 50.0 Å². The first kappa shape index (κ1) is 24.9. The summed E-state index contributed by atoms with van der Waals surface area (Å²) in [5.74, 6) is -0.619. The fraction of sp³-hybridized carbons (Fsp3) is 0.500. The first-order valence-electron chi connectivity index (χ1n) is 9.74. The Labute approximate surface area is 176 Å². The van der Waals surface area contributed by atoms with Gasteiger partial charge in [-0.3, -0.25) is 14.4 Å². The van der Waals surface area contributed by atoms with E-state index in [1.165, 1.54) is 0 Å². The zero-order valence-corrected chi connectivity index (χ0v) is 17.6. The number of ether oxygens (including phenoxy) is 1. The topological polar surface area (TPSA) is 152 Å². The van der Waals surface area contributed by atoms with Crippen molar-refractivity contribution in [1.82, 2.24) is 16.0 Å². The lowest BCUT2D eigenvalue weighted by Gasteiger charge is -2.24. The predicted molar refractivity (Wildman–Crippen MR) is 112 cm³/mol. The molecule has 10 heteroatoms. The van der Waals surface area contributed by atoms with Crippen molar-refractivity contribution in [3.63, 3.8) is 0 Å². The van der Waals surface area contributed by atoms with E-state index in [4.69, 9.17) is 5.73 Å². The molecule has 0 aliphatic carbocycles. The zero-order valence-electron chi connectivity index (χ0n) is 17.6. The molecular formula is C20H31N5O5. The largest absolute Gasteiger partial charge is 0.463 e. The highest BCUT2D eigenvalue weighted by Gasteiger charge is 2.26. The molecule has 0 radical (unpaired) electrons. The summed E-state index contributed by atoms with van der Waals surface area (Å²) in [6.07, 6.45) is 0.771. The van der Waals surface area contributed by atoms with Crippen LogP contribution in [0.3, 0.4) is 0 Å². The Balaban J connectivity index is 2.80. The number of primary amides is 1. The Morgan fingerprint density at radius 3 is 2.33 bits per heavy atom. The third-order valence-corrected chi connectivity index (χ3v) is 4.40. The molecule has 1 rings (SSSR count). The van der Waals surface area contributed by atoms with E-state index < -0.39 is 18.1 Å². The number of carbonyl (C=O) groups excluding carboxylic acids is 4. The van der Waals surface area contributed by atoms with Gasteiger partial charge in [0.15, 0.2) is 0 Å². The molecule has 1 unspecified atom stereocenters. The number of anilines is 1. The number of hydrogen-bond acceptors (Lipinski definition) is 6. The second kappa shape index (κ2) is 13.2. The SMILES string of the molecule is CNC(C(=O)N[C@@H](CCCNC(N)=O)C(=O)Nc1ccc(COC=O)cc1)C(C)C. The standard InChI is InChI=1S/C20H31N5O5/c1-13(2)17(22-3)19(28)25-16(5-4-10-23-20(21)29)18(27)24-15-8-6-14(7-9-15)11-30-12-26/h6-9,12-13,16-17,22H,4-5,10-11H2,1-3H3,(H,24,27)(H,25,28)(H3,21,23,29)/t16-,17?/m0/s1. The van der Waals surface area contributed by atoms with Gasteiger partial charge in [-0.1, -0.05) is 26.0 Å². The second-order valence-electron chi connectivity index (χ2n) is 7.10. The van der Waals surface area contributed by atoms with Gasteiger partial charge in [-0.25, -0.2) is 4.79 Å². The van der Waals surface area contributed by atoms with Crippen molar-refractivity contribution in [2.75, 3.05) is 18.9 Å². The highest BCUT2D eigenvalue weighted by atomic mass is 16.5. The molecular weight excluding hydrogens is 390 g/mol. The van der Waals surface area contributed by atoms with Gasteiger partial charge in [0.2, 0.25) is 11.8 Å². The van der Waals surface area contributed by atoms with Gasteiger partial charge >= 0.3 is 6.03 Å². The summed E-state index contributed by atoms with van der Waals surface area (Å²) in [7, 11) is 1.69. The van der Waals surface area contributed by atoms with E-state index >= 15 is 0 Å². The van der Waals surface area contributed by atoms with Crippen LogP contribution in [0, 0.1) is 5.92 Å². The van der Waals surface area contributed by atoms with Crippen LogP contribution in [0.2, 0.25) is 0 Å². The van der Waals surface area contributed by atoms with Gasteiger partial charge in [-0.05, 0) is 43.5 Å². The molecule has 1 aromatic rings. The van der Waals surface area contributed by atoms with Gasteiger partial charge in [0.1, 0.15) is 12.6 Å². The summed E-state index contributed by atoms with van der Waals surface area (Å²) in [5, 5.41) is 11.0. The van der Waals surface area contributed by atoms with Crippen LogP contribution in [0.4, 0.5) is 10.5 Å². The number of rotatable bonds is 13. The molecule has 0 saturated heterocycles. The average molecular weight is 421 g/mol. The zero-order chi connectivity index (χ0) is 22.5. The van der Waals surface area contributed by atoms with Gasteiger partial charge in [0, 0.05) is 12.2 Å². The molecule has 0 aliphatic rings. The minimum absolute atomic E-state index is 0.0383. The van der Waals surface area contributed by atoms with E-state index in [1.807, 2.05) is 13.8 Å². The van der Waals surface area contributed by atoms with Crippen molar-refractivity contribution in [1.29, 1.82) is 0 Å². The smallest absolute Gasteiger partial charge is 0.312 e. The van der Waals surface area contributed by atoms with Crippen molar-refractivity contribution < 1.29 is 23.9 Å². The number of amides is 4. The van der Waals surface area contributed by atoms with E-state index in [0.717, 1.165) is 5.56 Å². The van der Waals surface area contributed by atoms with Crippen LogP contribution in [0.1, 0.15) is 32.3 Å². The van der Waals surface area contributed by atoms with Gasteiger partial charge in [-0.2, -0.15) is 0 Å². The van der Waals surface area contributed by atoms with Crippen LogP contribution in [0.5, 0.6) is 0 Å². The fourth-order valence-corrected chi connectivity index (χ4v) is 2.86. The van der Waals surface area contributed by atoms with Crippen LogP contribution in [-0.2, 0) is 25.7 Å². The van der Waals surface area contributed by atoms with E-state index in [9.17, 15) is 19.2 Å². The Bertz CT molecular complexity index is 708. The molecule has 0 heterocycles. The molecule has 10 nitrogen and oxygen atoms in total. The first-order valence-corrected chi connectivity index (χ1v) is 9.74. The molecule has 0 spiro atoms. The molecule has 1 aromatic carbocycles. The van der Waals surface area contributed by atoms with Crippen LogP contribution in [0.25, 0.3) is 0 Å². The number of carbonyl (C=O) groups is 4. The molecule has 166 valence electrons. The normalized spacial score (nSPS) is 12.5. The van der Waals surface area contributed by atoms with Crippen molar-refractivity contribution in [2.24, 2.45) is 11.7 Å². The lowest BCUT2D eigenvalue weighted by molar-refractivity contribution is -0.129. The number of nitrogens with two attached hydrogens (primary N) is 1. The van der Waals surface area contributed by atoms with E-state index in [0.29, 0.717) is 31.5 Å². The average Bonchev–Trinajstić information content (AvgIpc) is 2.69. The fourth-order valence-electron chi connectivity index (χ4n) is 2.86. The van der Waals surface area contributed by atoms with Crippen molar-refractivity contribution >= 4 is 30.0 Å². The van der Waals surface area contributed by atoms with Gasteiger partial charge < -0.3 is 31.7 Å². The van der Waals surface area contributed by atoms with Crippen molar-refractivity contribution in [2.45, 2.75) is 45.4 Å². The summed E-state index contributed by atoms with van der Waals surface area (Å²) in [6, 6.07) is 4.92. The third kappa shape index (κ3) is 8.91. The lowest BCUT2D eigenvalue weighted by Crippen LogP contribution is -2.52. The second-order valence-corrected chi connectivity index (χ2v) is 7.10. The van der Waals surface area contributed by atoms with Crippen LogP contribution >= 0.6 is 0 Å². The lowest BCUT2D eigenvalue weighted by atomic mass is 10.0. The van der Waals surface area contributed by atoms with Gasteiger partial charge in [-0.15, -0.1) is 0 Å². The molecule has 4 amide bonds. The molecule has 0 fully saturated rings. The third-order valence-electron chi connectivity index (χ3n) is 4.40. The molecule has 6 N–H and O–H groups in total. The summed E-state index contributed by atoms with van der Waals surface area (Å²) >= 11 is 0. The van der Waals surface area contributed by atoms with E-state index in [1.54, 1.807) is 31.3 Å². The number of nitrogens with one attached hydrogen (secondary N) is 4. The quantitative estimate of drug-likeness (QED) is 0.231. The van der Waals surface area contributed by atoms with Crippen LogP contribution < -0.4 is 27.0 Å². The Kier molecular flexibility index (Phi) is 10.9. The maximum Gasteiger partial charge on any atom is 0.312 e. The van der Waals surface area contributed by atoms with Gasteiger partial charge in [0.05, 0.1) is 6.04 Å². The molecule has 0 aromatic heterocycles. The highest BCUT2D eigenvalue weighted by Crippen LogP contribution is 2.12. The monoisotopic (exact) mass is 421 g/mol. The minimum atomic E-state index is -0.792. The number of benzene rings is 1. The number of likely N-dealkylation sites (N-methyl/N-ethyl adjacent to an activating group) is 1. The number of hydrogen-bond donors (Lipinski definition) is 5. The maximum atomic E-state index is 12.8. The molecule has 0 bridgehead atoms.